The first-order valence-electron chi connectivity index (χ1n) is 6.16. The maximum Gasteiger partial charge on any atom is 0.258 e. The first-order chi connectivity index (χ1) is 10.0. The van der Waals surface area contributed by atoms with Crippen molar-refractivity contribution in [3.8, 4) is 11.5 Å². The molecule has 0 aliphatic heterocycles. The number of rotatable bonds is 2. The molecule has 106 valence electrons. The van der Waals surface area contributed by atoms with Crippen LogP contribution in [0.5, 0.6) is 11.5 Å². The van der Waals surface area contributed by atoms with E-state index in [9.17, 15) is 4.79 Å². The summed E-state index contributed by atoms with van der Waals surface area (Å²) >= 11 is 11.8. The summed E-state index contributed by atoms with van der Waals surface area (Å²) in [4.78, 5) is 18.8. The lowest BCUT2D eigenvalue weighted by Crippen LogP contribution is -2.09. The predicted molar refractivity (Wildman–Crippen MR) is 83.6 cm³/mol. The van der Waals surface area contributed by atoms with Crippen LogP contribution in [0.25, 0.3) is 10.9 Å². The molecule has 4 nitrogen and oxygen atoms in total. The van der Waals surface area contributed by atoms with Crippen molar-refractivity contribution in [2.45, 2.75) is 6.92 Å². The molecular weight excluding hydrogens is 311 g/mol. The van der Waals surface area contributed by atoms with Crippen molar-refractivity contribution in [1.82, 2.24) is 9.97 Å². The number of ether oxygens (including phenoxy) is 1. The van der Waals surface area contributed by atoms with Gasteiger partial charge in [-0.05, 0) is 43.3 Å². The van der Waals surface area contributed by atoms with Gasteiger partial charge >= 0.3 is 0 Å². The molecule has 1 N–H and O–H groups in total. The molecule has 0 spiro atoms. The Morgan fingerprint density at radius 2 is 1.76 bits per heavy atom. The highest BCUT2D eigenvalue weighted by atomic mass is 35.5. The molecule has 0 aliphatic carbocycles. The van der Waals surface area contributed by atoms with E-state index in [1.54, 1.807) is 43.3 Å². The second-order valence-corrected chi connectivity index (χ2v) is 5.41. The third-order valence-corrected chi connectivity index (χ3v) is 3.30. The number of H-pyrrole nitrogens is 1. The molecule has 2 aromatic carbocycles. The number of hydrogen-bond donors (Lipinski definition) is 1. The Kier molecular flexibility index (Phi) is 3.57. The molecule has 3 aromatic rings. The molecule has 21 heavy (non-hydrogen) atoms. The minimum Gasteiger partial charge on any atom is -0.457 e. The van der Waals surface area contributed by atoms with E-state index < -0.39 is 0 Å². The summed E-state index contributed by atoms with van der Waals surface area (Å²) in [6, 6.07) is 10.0. The number of nitrogens with one attached hydrogen (secondary N) is 1. The Hall–Kier alpha value is -2.04. The van der Waals surface area contributed by atoms with E-state index in [0.717, 1.165) is 0 Å². The molecule has 0 atom stereocenters. The number of hydrogen-bond acceptors (Lipinski definition) is 3. The van der Waals surface area contributed by atoms with E-state index in [-0.39, 0.29) is 5.56 Å². The predicted octanol–water partition coefficient (Wildman–Crippen LogP) is 4.33. The van der Waals surface area contributed by atoms with Crippen molar-refractivity contribution >= 4 is 34.1 Å². The fourth-order valence-corrected chi connectivity index (χ4v) is 2.53. The molecule has 0 fully saturated rings. The topological polar surface area (TPSA) is 55.0 Å². The molecule has 0 aliphatic rings. The lowest BCUT2D eigenvalue weighted by atomic mass is 10.2. The van der Waals surface area contributed by atoms with Crippen LogP contribution in [-0.4, -0.2) is 9.97 Å². The van der Waals surface area contributed by atoms with Gasteiger partial charge in [0.25, 0.3) is 5.56 Å². The normalized spacial score (nSPS) is 10.8. The van der Waals surface area contributed by atoms with Gasteiger partial charge in [-0.25, -0.2) is 4.98 Å². The summed E-state index contributed by atoms with van der Waals surface area (Å²) in [5, 5.41) is 1.42. The number of nitrogens with zero attached hydrogens (tertiary/aromatic N) is 1. The lowest BCUT2D eigenvalue weighted by molar-refractivity contribution is 0.483. The summed E-state index contributed by atoms with van der Waals surface area (Å²) < 4.78 is 5.68. The molecule has 1 aromatic heterocycles. The summed E-state index contributed by atoms with van der Waals surface area (Å²) in [6.07, 6.45) is 0. The smallest absolute Gasteiger partial charge is 0.258 e. The molecule has 0 unspecified atom stereocenters. The third-order valence-electron chi connectivity index (χ3n) is 2.87. The van der Waals surface area contributed by atoms with Gasteiger partial charge in [0.1, 0.15) is 17.3 Å². The number of aromatic amines is 1. The van der Waals surface area contributed by atoms with Crippen LogP contribution in [-0.2, 0) is 0 Å². The van der Waals surface area contributed by atoms with Crippen LogP contribution in [0.4, 0.5) is 0 Å². The van der Waals surface area contributed by atoms with E-state index in [1.807, 2.05) is 0 Å². The highest BCUT2D eigenvalue weighted by Gasteiger charge is 2.06. The van der Waals surface area contributed by atoms with Crippen LogP contribution in [0.3, 0.4) is 0 Å². The second-order valence-electron chi connectivity index (χ2n) is 4.54. The summed E-state index contributed by atoms with van der Waals surface area (Å²) in [5.41, 5.74) is 0.416. The summed E-state index contributed by atoms with van der Waals surface area (Å²) in [7, 11) is 0. The highest BCUT2D eigenvalue weighted by Crippen LogP contribution is 2.29. The Labute approximate surface area is 130 Å². The SMILES string of the molecule is Cc1nc2ccc(Oc3cc(Cl)cc(Cl)c3)cc2c(=O)[nH]1. The zero-order valence-corrected chi connectivity index (χ0v) is 12.5. The monoisotopic (exact) mass is 320 g/mol. The van der Waals surface area contributed by atoms with E-state index in [0.29, 0.717) is 38.3 Å². The Balaban J connectivity index is 2.03. The summed E-state index contributed by atoms with van der Waals surface area (Å²) in [6.45, 7) is 1.74. The van der Waals surface area contributed by atoms with Crippen molar-refractivity contribution in [2.24, 2.45) is 0 Å². The average molecular weight is 321 g/mol. The maximum atomic E-state index is 11.9. The van der Waals surface area contributed by atoms with E-state index in [1.165, 1.54) is 0 Å². The van der Waals surface area contributed by atoms with Gasteiger partial charge in [0.2, 0.25) is 0 Å². The molecule has 0 bridgehead atoms. The zero-order valence-electron chi connectivity index (χ0n) is 11.0. The summed E-state index contributed by atoms with van der Waals surface area (Å²) in [5.74, 6) is 1.59. The van der Waals surface area contributed by atoms with Gasteiger partial charge in [0, 0.05) is 10.0 Å². The average Bonchev–Trinajstić information content (AvgIpc) is 2.38. The van der Waals surface area contributed by atoms with Crippen LogP contribution in [0, 0.1) is 6.92 Å². The van der Waals surface area contributed by atoms with E-state index in [4.69, 9.17) is 27.9 Å². The number of halogens is 2. The van der Waals surface area contributed by atoms with E-state index in [2.05, 4.69) is 9.97 Å². The van der Waals surface area contributed by atoms with Crippen LogP contribution >= 0.6 is 23.2 Å². The van der Waals surface area contributed by atoms with Gasteiger partial charge in [-0.2, -0.15) is 0 Å². The van der Waals surface area contributed by atoms with Crippen molar-refractivity contribution < 1.29 is 4.74 Å². The molecule has 0 saturated heterocycles. The van der Waals surface area contributed by atoms with Gasteiger partial charge in [-0.15, -0.1) is 0 Å². The van der Waals surface area contributed by atoms with Crippen LogP contribution < -0.4 is 10.3 Å². The van der Waals surface area contributed by atoms with Crippen molar-refractivity contribution in [1.29, 1.82) is 0 Å². The van der Waals surface area contributed by atoms with E-state index >= 15 is 0 Å². The molecule has 3 rings (SSSR count). The minimum absolute atomic E-state index is 0.202. The quantitative estimate of drug-likeness (QED) is 0.764. The van der Waals surface area contributed by atoms with Crippen molar-refractivity contribution in [2.75, 3.05) is 0 Å². The first-order valence-corrected chi connectivity index (χ1v) is 6.91. The fraction of sp³-hybridized carbons (Fsp3) is 0.0667. The number of aryl methyl sites for hydroxylation is 1. The lowest BCUT2D eigenvalue weighted by Gasteiger charge is -2.07. The molecule has 6 heteroatoms. The van der Waals surface area contributed by atoms with Gasteiger partial charge in [0.05, 0.1) is 10.9 Å². The molecule has 0 amide bonds. The second kappa shape index (κ2) is 5.39. The zero-order chi connectivity index (χ0) is 15.0. The van der Waals surface area contributed by atoms with Crippen LogP contribution in [0.15, 0.2) is 41.2 Å². The number of fused-ring (bicyclic) bond motifs is 1. The Bertz CT molecular complexity index is 870. The fourth-order valence-electron chi connectivity index (χ4n) is 2.02. The molecular formula is C15H10Cl2N2O2. The van der Waals surface area contributed by atoms with Gasteiger partial charge < -0.3 is 9.72 Å². The Morgan fingerprint density at radius 3 is 2.48 bits per heavy atom. The van der Waals surface area contributed by atoms with Crippen LogP contribution in [0.1, 0.15) is 5.82 Å². The first kappa shape index (κ1) is 13.9. The highest BCUT2D eigenvalue weighted by molar-refractivity contribution is 6.34. The van der Waals surface area contributed by atoms with Crippen molar-refractivity contribution in [3.63, 3.8) is 0 Å². The third kappa shape index (κ3) is 3.01. The Morgan fingerprint density at radius 1 is 1.05 bits per heavy atom. The number of aromatic nitrogens is 2. The minimum atomic E-state index is -0.202. The van der Waals surface area contributed by atoms with Crippen molar-refractivity contribution in [3.05, 3.63) is 62.6 Å². The van der Waals surface area contributed by atoms with Crippen LogP contribution in [0.2, 0.25) is 10.0 Å². The standard InChI is InChI=1S/C15H10Cl2N2O2/c1-8-18-14-3-2-11(7-13(14)15(20)19-8)21-12-5-9(16)4-10(17)6-12/h2-7H,1H3,(H,18,19,20). The molecule has 1 heterocycles. The molecule has 0 radical (unpaired) electrons. The van der Waals surface area contributed by atoms with Gasteiger partial charge in [0.15, 0.2) is 0 Å². The van der Waals surface area contributed by atoms with Gasteiger partial charge in [-0.1, -0.05) is 23.2 Å². The molecule has 0 saturated carbocycles. The largest absolute Gasteiger partial charge is 0.457 e. The number of benzene rings is 2. The van der Waals surface area contributed by atoms with Gasteiger partial charge in [-0.3, -0.25) is 4.79 Å². The maximum absolute atomic E-state index is 11.9.